The van der Waals surface area contributed by atoms with Crippen LogP contribution < -0.4 is 4.73 Å². The van der Waals surface area contributed by atoms with Crippen LogP contribution in [-0.2, 0) is 9.53 Å². The smallest absolute Gasteiger partial charge is 0.307 e. The Hall–Kier alpha value is -1.23. The zero-order chi connectivity index (χ0) is 13.4. The molecule has 0 bridgehead atoms. The first kappa shape index (κ1) is 14.8. The number of pyridine rings is 1. The zero-order valence-corrected chi connectivity index (χ0v) is 11.6. The summed E-state index contributed by atoms with van der Waals surface area (Å²) in [6.45, 7) is 4.27. The Kier molecular flexibility index (Phi) is 6.57. The van der Waals surface area contributed by atoms with Crippen LogP contribution in [0.25, 0.3) is 0 Å². The van der Waals surface area contributed by atoms with Crippen molar-refractivity contribution < 1.29 is 14.3 Å². The third-order valence-corrected chi connectivity index (χ3v) is 3.84. The van der Waals surface area contributed by atoms with Gasteiger partial charge in [0.25, 0.3) is 0 Å². The summed E-state index contributed by atoms with van der Waals surface area (Å²) in [5.41, 5.74) is 0.874. The monoisotopic (exact) mass is 269 g/mol. The van der Waals surface area contributed by atoms with Gasteiger partial charge in [0.15, 0.2) is 12.4 Å². The lowest BCUT2D eigenvalue weighted by Gasteiger charge is -2.15. The Morgan fingerprint density at radius 3 is 2.94 bits per heavy atom. The van der Waals surface area contributed by atoms with Crippen LogP contribution in [0, 0.1) is 5.21 Å². The van der Waals surface area contributed by atoms with E-state index >= 15 is 0 Å². The van der Waals surface area contributed by atoms with Gasteiger partial charge >= 0.3 is 5.97 Å². The van der Waals surface area contributed by atoms with Gasteiger partial charge in [0.1, 0.15) is 0 Å². The molecule has 0 amide bonds. The number of aromatic nitrogens is 1. The maximum Gasteiger partial charge on any atom is 0.307 e. The molecule has 0 saturated carbocycles. The summed E-state index contributed by atoms with van der Waals surface area (Å²) in [5.74, 6) is 0.741. The second kappa shape index (κ2) is 7.97. The van der Waals surface area contributed by atoms with E-state index in [1.54, 1.807) is 24.8 Å². The lowest BCUT2D eigenvalue weighted by molar-refractivity contribution is -0.605. The molecule has 18 heavy (non-hydrogen) atoms. The molecule has 0 aliphatic heterocycles. The third-order valence-electron chi connectivity index (χ3n) is 2.35. The van der Waals surface area contributed by atoms with Crippen LogP contribution in [0.4, 0.5) is 0 Å². The van der Waals surface area contributed by atoms with E-state index < -0.39 is 0 Å². The molecule has 0 aliphatic rings. The second-order valence-electron chi connectivity index (χ2n) is 3.87. The number of nitrogens with zero attached hydrogens (tertiary/aromatic N) is 1. The molecule has 1 aromatic rings. The summed E-state index contributed by atoms with van der Waals surface area (Å²) in [7, 11) is 0. The van der Waals surface area contributed by atoms with E-state index in [0.29, 0.717) is 13.0 Å². The predicted molar refractivity (Wildman–Crippen MR) is 72.1 cm³/mol. The first-order valence-electron chi connectivity index (χ1n) is 6.13. The van der Waals surface area contributed by atoms with Crippen molar-refractivity contribution >= 4 is 17.7 Å². The Morgan fingerprint density at radius 2 is 2.33 bits per heavy atom. The summed E-state index contributed by atoms with van der Waals surface area (Å²) >= 11 is 1.68. The summed E-state index contributed by atoms with van der Waals surface area (Å²) in [6.07, 6.45) is 4.30. The molecule has 100 valence electrons. The number of ether oxygens (including phenoxy) is 1. The lowest BCUT2D eigenvalue weighted by Crippen LogP contribution is -2.25. The van der Waals surface area contributed by atoms with E-state index in [9.17, 15) is 10.0 Å². The van der Waals surface area contributed by atoms with Gasteiger partial charge in [-0.05, 0) is 25.2 Å². The van der Waals surface area contributed by atoms with Gasteiger partial charge in [-0.2, -0.15) is 16.5 Å². The standard InChI is InChI=1S/C13H19NO3S/c1-3-8-18-12(9-13(15)17-4-2)11-6-5-7-14(16)10-11/h5-7,10,12H,3-4,8-9H2,1-2H3. The fraction of sp³-hybridized carbons (Fsp3) is 0.538. The highest BCUT2D eigenvalue weighted by atomic mass is 32.2. The Bertz CT molecular complexity index is 384. The summed E-state index contributed by atoms with van der Waals surface area (Å²) in [6, 6.07) is 3.58. The molecular formula is C13H19NO3S. The number of carbonyl (C=O) groups excluding carboxylic acids is 1. The van der Waals surface area contributed by atoms with Crippen molar-refractivity contribution in [2.24, 2.45) is 0 Å². The van der Waals surface area contributed by atoms with Gasteiger partial charge in [-0.1, -0.05) is 6.92 Å². The van der Waals surface area contributed by atoms with Gasteiger partial charge < -0.3 is 9.94 Å². The minimum atomic E-state index is -0.215. The molecule has 1 unspecified atom stereocenters. The number of hydrogen-bond donors (Lipinski definition) is 0. The van der Waals surface area contributed by atoms with Crippen molar-refractivity contribution in [3.05, 3.63) is 35.3 Å². The number of rotatable bonds is 7. The molecular weight excluding hydrogens is 250 g/mol. The first-order valence-corrected chi connectivity index (χ1v) is 7.18. The average Bonchev–Trinajstić information content (AvgIpc) is 2.34. The zero-order valence-electron chi connectivity index (χ0n) is 10.8. The predicted octanol–water partition coefficient (Wildman–Crippen LogP) is 2.46. The molecule has 0 radical (unpaired) electrons. The number of esters is 1. The topological polar surface area (TPSA) is 53.2 Å². The van der Waals surface area contributed by atoms with Crippen LogP contribution in [0.1, 0.15) is 37.5 Å². The van der Waals surface area contributed by atoms with Gasteiger partial charge in [0.2, 0.25) is 0 Å². The highest BCUT2D eigenvalue weighted by Crippen LogP contribution is 2.32. The van der Waals surface area contributed by atoms with Crippen molar-refractivity contribution in [1.29, 1.82) is 0 Å². The van der Waals surface area contributed by atoms with Crippen molar-refractivity contribution in [2.45, 2.75) is 31.9 Å². The number of carbonyl (C=O) groups is 1. The molecule has 1 rings (SSSR count). The lowest BCUT2D eigenvalue weighted by atomic mass is 10.1. The van der Waals surface area contributed by atoms with Crippen molar-refractivity contribution in [3.8, 4) is 0 Å². The molecule has 1 atom stereocenters. The van der Waals surface area contributed by atoms with Gasteiger partial charge in [-0.25, -0.2) is 0 Å². The number of thioether (sulfide) groups is 1. The van der Waals surface area contributed by atoms with Crippen LogP contribution in [0.15, 0.2) is 24.5 Å². The molecule has 0 N–H and O–H groups in total. The normalized spacial score (nSPS) is 12.1. The van der Waals surface area contributed by atoms with Gasteiger partial charge in [-0.15, -0.1) is 0 Å². The molecule has 5 heteroatoms. The summed E-state index contributed by atoms with van der Waals surface area (Å²) in [4.78, 5) is 11.6. The molecule has 0 spiro atoms. The van der Waals surface area contributed by atoms with E-state index in [2.05, 4.69) is 6.92 Å². The van der Waals surface area contributed by atoms with E-state index in [1.165, 1.54) is 12.4 Å². The van der Waals surface area contributed by atoms with Crippen LogP contribution >= 0.6 is 11.8 Å². The minimum Gasteiger partial charge on any atom is -0.619 e. The van der Waals surface area contributed by atoms with Gasteiger partial charge in [-0.3, -0.25) is 4.79 Å². The molecule has 1 heterocycles. The maximum atomic E-state index is 11.6. The van der Waals surface area contributed by atoms with Crippen LogP contribution in [-0.4, -0.2) is 18.3 Å². The fourth-order valence-electron chi connectivity index (χ4n) is 1.57. The maximum absolute atomic E-state index is 11.6. The Labute approximate surface area is 112 Å². The van der Waals surface area contributed by atoms with E-state index in [1.807, 2.05) is 6.07 Å². The SMILES string of the molecule is CCCSC(CC(=O)OCC)c1ccc[n+]([O-])c1. The Balaban J connectivity index is 2.74. The van der Waals surface area contributed by atoms with Crippen LogP contribution in [0.5, 0.6) is 0 Å². The quantitative estimate of drug-likeness (QED) is 0.433. The minimum absolute atomic E-state index is 0.00889. The van der Waals surface area contributed by atoms with Crippen molar-refractivity contribution in [3.63, 3.8) is 0 Å². The highest BCUT2D eigenvalue weighted by Gasteiger charge is 2.19. The van der Waals surface area contributed by atoms with Crippen LogP contribution in [0.2, 0.25) is 0 Å². The molecule has 0 aliphatic carbocycles. The van der Waals surface area contributed by atoms with E-state index in [-0.39, 0.29) is 11.2 Å². The largest absolute Gasteiger partial charge is 0.619 e. The fourth-order valence-corrected chi connectivity index (χ4v) is 2.67. The van der Waals surface area contributed by atoms with Crippen molar-refractivity contribution in [1.82, 2.24) is 0 Å². The van der Waals surface area contributed by atoms with Gasteiger partial charge in [0, 0.05) is 16.9 Å². The Morgan fingerprint density at radius 1 is 1.56 bits per heavy atom. The highest BCUT2D eigenvalue weighted by molar-refractivity contribution is 7.99. The van der Waals surface area contributed by atoms with Gasteiger partial charge in [0.05, 0.1) is 13.0 Å². The van der Waals surface area contributed by atoms with Crippen molar-refractivity contribution in [2.75, 3.05) is 12.4 Å². The molecule has 0 aromatic carbocycles. The summed E-state index contributed by atoms with van der Waals surface area (Å²) < 4.78 is 5.73. The second-order valence-corrected chi connectivity index (χ2v) is 5.18. The molecule has 1 aromatic heterocycles. The molecule has 0 fully saturated rings. The third kappa shape index (κ3) is 4.96. The number of hydrogen-bond acceptors (Lipinski definition) is 4. The first-order chi connectivity index (χ1) is 8.67. The summed E-state index contributed by atoms with van der Waals surface area (Å²) in [5, 5.41) is 11.3. The molecule has 0 saturated heterocycles. The molecule has 4 nitrogen and oxygen atoms in total. The van der Waals surface area contributed by atoms with E-state index in [0.717, 1.165) is 22.5 Å². The van der Waals surface area contributed by atoms with Crippen LogP contribution in [0.3, 0.4) is 0 Å². The average molecular weight is 269 g/mol. The van der Waals surface area contributed by atoms with E-state index in [4.69, 9.17) is 4.74 Å².